The number of halogens is 2. The summed E-state index contributed by atoms with van der Waals surface area (Å²) in [5.41, 5.74) is 7.17. The van der Waals surface area contributed by atoms with Gasteiger partial charge >= 0.3 is 0 Å². The van der Waals surface area contributed by atoms with E-state index < -0.39 is 0 Å². The van der Waals surface area contributed by atoms with Crippen molar-refractivity contribution in [3.63, 3.8) is 0 Å². The highest BCUT2D eigenvalue weighted by Crippen LogP contribution is 2.18. The van der Waals surface area contributed by atoms with Crippen molar-refractivity contribution in [1.82, 2.24) is 9.88 Å². The highest BCUT2D eigenvalue weighted by atomic mass is 35.5. The summed E-state index contributed by atoms with van der Waals surface area (Å²) >= 11 is 0. The van der Waals surface area contributed by atoms with Gasteiger partial charge in [0.15, 0.2) is 0 Å². The molecule has 0 aromatic carbocycles. The Morgan fingerprint density at radius 2 is 2.05 bits per heavy atom. The third kappa shape index (κ3) is 4.34. The number of likely N-dealkylation sites (tertiary alicyclic amines) is 1. The molecule has 1 aliphatic rings. The van der Waals surface area contributed by atoms with Crippen LogP contribution in [0.15, 0.2) is 18.3 Å². The molecule has 2 rings (SSSR count). The first kappa shape index (κ1) is 18.2. The number of carbonyl (C=O) groups excluding carboxylic acids is 1. The van der Waals surface area contributed by atoms with Gasteiger partial charge in [-0.3, -0.25) is 9.78 Å². The van der Waals surface area contributed by atoms with Gasteiger partial charge in [0.05, 0.1) is 5.56 Å². The lowest BCUT2D eigenvalue weighted by Crippen LogP contribution is -2.40. The number of pyridine rings is 1. The maximum Gasteiger partial charge on any atom is 0.255 e. The maximum atomic E-state index is 12.3. The van der Waals surface area contributed by atoms with Crippen LogP contribution in [0.25, 0.3) is 0 Å². The monoisotopic (exact) mass is 305 g/mol. The van der Waals surface area contributed by atoms with E-state index in [0.717, 1.165) is 43.7 Å². The van der Waals surface area contributed by atoms with Crippen molar-refractivity contribution in [2.75, 3.05) is 19.6 Å². The second-order valence-electron chi connectivity index (χ2n) is 4.61. The standard InChI is InChI=1S/C13H19N3O.2ClH/c1-10-12(3-2-6-15-10)13(17)16-7-4-11(9-14)5-8-16;;/h2-3,6,11H,4-5,7-9,14H2,1H3;2*1H. The van der Waals surface area contributed by atoms with E-state index in [1.807, 2.05) is 24.0 Å². The summed E-state index contributed by atoms with van der Waals surface area (Å²) in [6.45, 7) is 4.23. The molecule has 0 unspecified atom stereocenters. The zero-order chi connectivity index (χ0) is 12.3. The Hall–Kier alpha value is -0.840. The van der Waals surface area contributed by atoms with Gasteiger partial charge in [0, 0.05) is 25.0 Å². The zero-order valence-electron chi connectivity index (χ0n) is 11.0. The Kier molecular flexibility index (Phi) is 7.99. The van der Waals surface area contributed by atoms with Crippen molar-refractivity contribution in [2.45, 2.75) is 19.8 Å². The van der Waals surface area contributed by atoms with Crippen molar-refractivity contribution in [3.05, 3.63) is 29.6 Å². The Morgan fingerprint density at radius 3 is 2.58 bits per heavy atom. The molecule has 2 heterocycles. The van der Waals surface area contributed by atoms with Crippen LogP contribution in [-0.4, -0.2) is 35.4 Å². The van der Waals surface area contributed by atoms with E-state index >= 15 is 0 Å². The SMILES string of the molecule is Cc1ncccc1C(=O)N1CCC(CN)CC1.Cl.Cl. The Labute approximate surface area is 126 Å². The van der Waals surface area contributed by atoms with Gasteiger partial charge in [-0.05, 0) is 44.4 Å². The molecule has 2 N–H and O–H groups in total. The van der Waals surface area contributed by atoms with Crippen molar-refractivity contribution in [3.8, 4) is 0 Å². The van der Waals surface area contributed by atoms with Gasteiger partial charge in [0.2, 0.25) is 0 Å². The van der Waals surface area contributed by atoms with Crippen LogP contribution < -0.4 is 5.73 Å². The quantitative estimate of drug-likeness (QED) is 0.909. The van der Waals surface area contributed by atoms with Gasteiger partial charge in [0.1, 0.15) is 0 Å². The van der Waals surface area contributed by atoms with Crippen LogP contribution in [0.3, 0.4) is 0 Å². The molecule has 0 radical (unpaired) electrons. The number of amides is 1. The fourth-order valence-electron chi connectivity index (χ4n) is 2.25. The minimum Gasteiger partial charge on any atom is -0.339 e. The number of hydrogen-bond acceptors (Lipinski definition) is 3. The summed E-state index contributed by atoms with van der Waals surface area (Å²) in [5.74, 6) is 0.681. The Balaban J connectivity index is 0.00000162. The molecule has 19 heavy (non-hydrogen) atoms. The molecule has 0 spiro atoms. The summed E-state index contributed by atoms with van der Waals surface area (Å²) in [5, 5.41) is 0. The van der Waals surface area contributed by atoms with E-state index in [-0.39, 0.29) is 30.7 Å². The molecule has 1 aliphatic heterocycles. The average molecular weight is 306 g/mol. The second-order valence-corrected chi connectivity index (χ2v) is 4.61. The highest BCUT2D eigenvalue weighted by Gasteiger charge is 2.23. The van der Waals surface area contributed by atoms with E-state index in [1.165, 1.54) is 0 Å². The lowest BCUT2D eigenvalue weighted by Gasteiger charge is -2.31. The first-order chi connectivity index (χ1) is 8.22. The van der Waals surface area contributed by atoms with Gasteiger partial charge in [0.25, 0.3) is 5.91 Å². The Morgan fingerprint density at radius 1 is 1.42 bits per heavy atom. The third-order valence-corrected chi connectivity index (χ3v) is 3.47. The molecule has 6 heteroatoms. The lowest BCUT2D eigenvalue weighted by molar-refractivity contribution is 0.0692. The summed E-state index contributed by atoms with van der Waals surface area (Å²) < 4.78 is 0. The summed E-state index contributed by atoms with van der Waals surface area (Å²) in [7, 11) is 0. The molecule has 1 amide bonds. The number of aryl methyl sites for hydroxylation is 1. The number of rotatable bonds is 2. The smallest absolute Gasteiger partial charge is 0.255 e. The third-order valence-electron chi connectivity index (χ3n) is 3.47. The van der Waals surface area contributed by atoms with Crippen molar-refractivity contribution >= 4 is 30.7 Å². The topological polar surface area (TPSA) is 59.2 Å². The number of carbonyl (C=O) groups is 1. The molecule has 1 saturated heterocycles. The summed E-state index contributed by atoms with van der Waals surface area (Å²) in [6.07, 6.45) is 3.75. The molecule has 0 aliphatic carbocycles. The maximum absolute atomic E-state index is 12.3. The summed E-state index contributed by atoms with van der Waals surface area (Å²) in [6, 6.07) is 3.66. The molecule has 1 aromatic rings. The van der Waals surface area contributed by atoms with Gasteiger partial charge < -0.3 is 10.6 Å². The molecular weight excluding hydrogens is 285 g/mol. The van der Waals surface area contributed by atoms with E-state index in [2.05, 4.69) is 4.98 Å². The molecule has 1 aromatic heterocycles. The number of piperidine rings is 1. The first-order valence-electron chi connectivity index (χ1n) is 6.13. The van der Waals surface area contributed by atoms with Crippen molar-refractivity contribution in [2.24, 2.45) is 11.7 Å². The Bertz CT molecular complexity index is 407. The van der Waals surface area contributed by atoms with E-state index in [9.17, 15) is 4.79 Å². The number of nitrogens with two attached hydrogens (primary N) is 1. The molecule has 0 atom stereocenters. The van der Waals surface area contributed by atoms with Gasteiger partial charge in [-0.2, -0.15) is 0 Å². The van der Waals surface area contributed by atoms with Crippen LogP contribution in [0.5, 0.6) is 0 Å². The van der Waals surface area contributed by atoms with Crippen LogP contribution in [0, 0.1) is 12.8 Å². The fourth-order valence-corrected chi connectivity index (χ4v) is 2.25. The fraction of sp³-hybridized carbons (Fsp3) is 0.538. The lowest BCUT2D eigenvalue weighted by atomic mass is 9.96. The molecular formula is C13H21Cl2N3O. The molecule has 108 valence electrons. The van der Waals surface area contributed by atoms with Crippen LogP contribution in [0.2, 0.25) is 0 Å². The van der Waals surface area contributed by atoms with Crippen molar-refractivity contribution < 1.29 is 4.79 Å². The van der Waals surface area contributed by atoms with Crippen LogP contribution in [-0.2, 0) is 0 Å². The second kappa shape index (κ2) is 8.35. The van der Waals surface area contributed by atoms with Crippen LogP contribution >= 0.6 is 24.8 Å². The van der Waals surface area contributed by atoms with E-state index in [0.29, 0.717) is 5.92 Å². The van der Waals surface area contributed by atoms with Crippen LogP contribution in [0.4, 0.5) is 0 Å². The molecule has 4 nitrogen and oxygen atoms in total. The largest absolute Gasteiger partial charge is 0.339 e. The number of aromatic nitrogens is 1. The minimum absolute atomic E-state index is 0. The van der Waals surface area contributed by atoms with E-state index in [4.69, 9.17) is 5.73 Å². The normalized spacial score (nSPS) is 15.4. The molecule has 0 bridgehead atoms. The molecule has 1 fully saturated rings. The predicted octanol–water partition coefficient (Wildman–Crippen LogP) is 2.04. The first-order valence-corrected chi connectivity index (χ1v) is 6.13. The van der Waals surface area contributed by atoms with Crippen molar-refractivity contribution in [1.29, 1.82) is 0 Å². The van der Waals surface area contributed by atoms with Gasteiger partial charge in [-0.25, -0.2) is 0 Å². The summed E-state index contributed by atoms with van der Waals surface area (Å²) in [4.78, 5) is 18.3. The van der Waals surface area contributed by atoms with E-state index in [1.54, 1.807) is 6.20 Å². The van der Waals surface area contributed by atoms with Crippen LogP contribution in [0.1, 0.15) is 28.9 Å². The average Bonchev–Trinajstić information content (AvgIpc) is 2.39. The number of nitrogens with zero attached hydrogens (tertiary/aromatic N) is 2. The minimum atomic E-state index is 0. The molecule has 0 saturated carbocycles. The highest BCUT2D eigenvalue weighted by molar-refractivity contribution is 5.95. The zero-order valence-corrected chi connectivity index (χ0v) is 12.7. The number of hydrogen-bond donors (Lipinski definition) is 1. The predicted molar refractivity (Wildman–Crippen MR) is 81.2 cm³/mol. The van der Waals surface area contributed by atoms with Gasteiger partial charge in [-0.15, -0.1) is 24.8 Å². The van der Waals surface area contributed by atoms with Gasteiger partial charge in [-0.1, -0.05) is 0 Å².